The van der Waals surface area contributed by atoms with Gasteiger partial charge in [0, 0.05) is 11.6 Å². The molecule has 0 aromatic heterocycles. The molecule has 174 valence electrons. The third-order valence-electron chi connectivity index (χ3n) is 7.23. The van der Waals surface area contributed by atoms with Crippen LogP contribution in [-0.4, -0.2) is 28.0 Å². The maximum absolute atomic E-state index is 12.9. The zero-order valence-corrected chi connectivity index (χ0v) is 18.6. The summed E-state index contributed by atoms with van der Waals surface area (Å²) < 4.78 is 5.98. The maximum Gasteiger partial charge on any atom is 0.311 e. The first kappa shape index (κ1) is 21.2. The molecule has 0 N–H and O–H groups in total. The third-order valence-corrected chi connectivity index (χ3v) is 7.23. The summed E-state index contributed by atoms with van der Waals surface area (Å²) in [5.41, 5.74) is 0.982. The van der Waals surface area contributed by atoms with Crippen molar-refractivity contribution in [3.8, 4) is 5.75 Å². The van der Waals surface area contributed by atoms with Gasteiger partial charge in [-0.2, -0.15) is 10.1 Å². The Hall–Kier alpha value is -4.33. The number of carbonyl (C=O) groups excluding carboxylic acids is 2. The minimum atomic E-state index is -0.518. The van der Waals surface area contributed by atoms with Crippen LogP contribution in [-0.2, 0) is 16.2 Å². The fraction of sp³-hybridized carbons (Fsp3) is 0.222. The van der Waals surface area contributed by atoms with Crippen molar-refractivity contribution < 1.29 is 19.2 Å². The molecule has 6 rings (SSSR count). The van der Waals surface area contributed by atoms with Gasteiger partial charge < -0.3 is 4.74 Å². The lowest BCUT2D eigenvalue weighted by Gasteiger charge is -2.13. The van der Waals surface area contributed by atoms with E-state index >= 15 is 0 Å². The monoisotopic (exact) mass is 467 g/mol. The Kier molecular flexibility index (Phi) is 4.95. The average Bonchev–Trinajstić information content (AvgIpc) is 3.55. The minimum absolute atomic E-state index is 0.0372. The van der Waals surface area contributed by atoms with Gasteiger partial charge >= 0.3 is 5.69 Å². The van der Waals surface area contributed by atoms with Crippen molar-refractivity contribution in [1.82, 2.24) is 5.01 Å². The number of allylic oxidation sites excluding steroid dienone is 2. The van der Waals surface area contributed by atoms with E-state index in [1.54, 1.807) is 6.07 Å². The van der Waals surface area contributed by atoms with E-state index in [0.717, 1.165) is 27.8 Å². The van der Waals surface area contributed by atoms with E-state index in [4.69, 9.17) is 4.74 Å². The number of hydrogen-bond donors (Lipinski definition) is 0. The summed E-state index contributed by atoms with van der Waals surface area (Å²) in [5, 5.41) is 18.9. The number of nitro groups is 1. The fourth-order valence-corrected chi connectivity index (χ4v) is 5.63. The lowest BCUT2D eigenvalue weighted by molar-refractivity contribution is -0.385. The molecule has 2 amide bonds. The Bertz CT molecular complexity index is 1410. The zero-order chi connectivity index (χ0) is 24.1. The molecule has 0 spiro atoms. The molecular weight excluding hydrogens is 446 g/mol. The number of imide groups is 1. The smallest absolute Gasteiger partial charge is 0.311 e. The second-order valence-electron chi connectivity index (χ2n) is 9.11. The number of fused-ring (bicyclic) bond motifs is 6. The van der Waals surface area contributed by atoms with Crippen molar-refractivity contribution in [2.75, 3.05) is 0 Å². The topological polar surface area (TPSA) is 102 Å². The molecule has 8 nitrogen and oxygen atoms in total. The zero-order valence-electron chi connectivity index (χ0n) is 18.6. The van der Waals surface area contributed by atoms with Gasteiger partial charge in [-0.25, -0.2) is 0 Å². The summed E-state index contributed by atoms with van der Waals surface area (Å²) in [6.45, 7) is 0.105. The van der Waals surface area contributed by atoms with E-state index in [2.05, 4.69) is 5.10 Å². The van der Waals surface area contributed by atoms with Gasteiger partial charge in [-0.1, -0.05) is 60.7 Å². The van der Waals surface area contributed by atoms with Crippen LogP contribution in [0.2, 0.25) is 0 Å². The first-order valence-corrected chi connectivity index (χ1v) is 11.5. The first-order valence-electron chi connectivity index (χ1n) is 11.5. The predicted octanol–water partition coefficient (Wildman–Crippen LogP) is 4.47. The van der Waals surface area contributed by atoms with Crippen LogP contribution in [0.5, 0.6) is 5.75 Å². The third kappa shape index (κ3) is 3.41. The quantitative estimate of drug-likeness (QED) is 0.175. The molecule has 3 aromatic carbocycles. The van der Waals surface area contributed by atoms with Gasteiger partial charge in [0.25, 0.3) is 11.8 Å². The Morgan fingerprint density at radius 2 is 1.66 bits per heavy atom. The van der Waals surface area contributed by atoms with Crippen molar-refractivity contribution in [3.05, 3.63) is 94.1 Å². The van der Waals surface area contributed by atoms with Crippen molar-refractivity contribution in [3.63, 3.8) is 0 Å². The molecule has 2 fully saturated rings. The van der Waals surface area contributed by atoms with Gasteiger partial charge in [-0.3, -0.25) is 19.7 Å². The van der Waals surface area contributed by atoms with E-state index in [1.807, 2.05) is 54.6 Å². The van der Waals surface area contributed by atoms with Crippen molar-refractivity contribution in [2.45, 2.75) is 13.0 Å². The molecule has 35 heavy (non-hydrogen) atoms. The molecule has 2 bridgehead atoms. The van der Waals surface area contributed by atoms with Gasteiger partial charge in [-0.15, -0.1) is 0 Å². The number of hydrazone groups is 1. The van der Waals surface area contributed by atoms with Crippen LogP contribution in [0.4, 0.5) is 5.69 Å². The average molecular weight is 467 g/mol. The standard InChI is InChI=1S/C27H21N3O5/c31-26-23-17-11-12-18(13-17)24(23)27(32)29(26)28-14-19-7-4-10-22(30(33)34)25(19)35-15-20-8-3-6-16-5-1-2-9-21(16)20/h1-12,14,17-18,23-24H,13,15H2. The van der Waals surface area contributed by atoms with Gasteiger partial charge in [-0.05, 0) is 40.7 Å². The largest absolute Gasteiger partial charge is 0.481 e. The van der Waals surface area contributed by atoms with E-state index in [-0.39, 0.29) is 53.5 Å². The van der Waals surface area contributed by atoms with Gasteiger partial charge in [0.05, 0.1) is 23.0 Å². The number of para-hydroxylation sites is 1. The predicted molar refractivity (Wildman–Crippen MR) is 129 cm³/mol. The molecule has 3 aromatic rings. The minimum Gasteiger partial charge on any atom is -0.481 e. The summed E-state index contributed by atoms with van der Waals surface area (Å²) >= 11 is 0. The molecule has 1 aliphatic heterocycles. The summed E-state index contributed by atoms with van der Waals surface area (Å²) in [5.74, 6) is -1.13. The molecule has 8 heteroatoms. The molecule has 3 aliphatic rings. The van der Waals surface area contributed by atoms with E-state index in [0.29, 0.717) is 5.56 Å². The molecular formula is C27H21N3O5. The highest BCUT2D eigenvalue weighted by atomic mass is 16.6. The number of nitro benzene ring substituents is 1. The summed E-state index contributed by atoms with van der Waals surface area (Å²) in [6.07, 6.45) is 6.17. The Balaban J connectivity index is 1.30. The molecule has 1 heterocycles. The fourth-order valence-electron chi connectivity index (χ4n) is 5.63. The highest BCUT2D eigenvalue weighted by molar-refractivity contribution is 6.07. The van der Waals surface area contributed by atoms with E-state index in [1.165, 1.54) is 18.3 Å². The number of benzene rings is 3. The Morgan fingerprint density at radius 1 is 0.971 bits per heavy atom. The lowest BCUT2D eigenvalue weighted by atomic mass is 9.85. The van der Waals surface area contributed by atoms with E-state index < -0.39 is 4.92 Å². The van der Waals surface area contributed by atoms with Crippen LogP contribution in [0.25, 0.3) is 10.8 Å². The van der Waals surface area contributed by atoms with Crippen LogP contribution in [0.3, 0.4) is 0 Å². The van der Waals surface area contributed by atoms with Crippen LogP contribution >= 0.6 is 0 Å². The second kappa shape index (κ2) is 8.16. The Morgan fingerprint density at radius 3 is 2.40 bits per heavy atom. The van der Waals surface area contributed by atoms with Crippen molar-refractivity contribution in [1.29, 1.82) is 0 Å². The number of carbonyl (C=O) groups is 2. The highest BCUT2D eigenvalue weighted by Gasteiger charge is 2.59. The van der Waals surface area contributed by atoms with Gasteiger partial charge in [0.1, 0.15) is 6.61 Å². The summed E-state index contributed by atoms with van der Waals surface area (Å²) in [4.78, 5) is 37.1. The van der Waals surface area contributed by atoms with Crippen molar-refractivity contribution in [2.24, 2.45) is 28.8 Å². The molecule has 2 aliphatic carbocycles. The first-order chi connectivity index (χ1) is 17.0. The second-order valence-corrected chi connectivity index (χ2v) is 9.11. The van der Waals surface area contributed by atoms with E-state index in [9.17, 15) is 19.7 Å². The maximum atomic E-state index is 12.9. The number of hydrogen-bond acceptors (Lipinski definition) is 6. The van der Waals surface area contributed by atoms with Crippen molar-refractivity contribution >= 4 is 34.5 Å². The molecule has 4 atom stereocenters. The van der Waals surface area contributed by atoms with Gasteiger partial charge in [0.15, 0.2) is 0 Å². The number of ether oxygens (including phenoxy) is 1. The molecule has 0 radical (unpaired) electrons. The number of rotatable bonds is 6. The highest BCUT2D eigenvalue weighted by Crippen LogP contribution is 2.52. The summed E-state index contributed by atoms with van der Waals surface area (Å²) in [7, 11) is 0. The molecule has 1 saturated carbocycles. The van der Waals surface area contributed by atoms with Crippen LogP contribution < -0.4 is 4.74 Å². The molecule has 4 unspecified atom stereocenters. The lowest BCUT2D eigenvalue weighted by Crippen LogP contribution is -2.28. The number of nitrogens with zero attached hydrogens (tertiary/aromatic N) is 3. The Labute approximate surface area is 200 Å². The number of amides is 2. The summed E-state index contributed by atoms with van der Waals surface area (Å²) in [6, 6.07) is 18.1. The SMILES string of the molecule is O=C1C2C3C=CC(C3)C2C(=O)N1N=Cc1cccc([N+](=O)[O-])c1OCc1cccc2ccccc12. The van der Waals surface area contributed by atoms with Crippen LogP contribution in [0.1, 0.15) is 17.5 Å². The van der Waals surface area contributed by atoms with Gasteiger partial charge in [0.2, 0.25) is 5.75 Å². The normalized spacial score (nSPS) is 24.6. The molecule has 1 saturated heterocycles. The van der Waals surface area contributed by atoms with Crippen LogP contribution in [0.15, 0.2) is 77.9 Å². The van der Waals surface area contributed by atoms with Crippen LogP contribution in [0, 0.1) is 33.8 Å².